The second-order valence-corrected chi connectivity index (χ2v) is 14.1. The van der Waals surface area contributed by atoms with Gasteiger partial charge in [0.25, 0.3) is 0 Å². The van der Waals surface area contributed by atoms with E-state index in [-0.39, 0.29) is 5.75 Å². The molecule has 8 rings (SSSR count). The number of likely N-dealkylation sites (tertiary alicyclic amines) is 2. The van der Waals surface area contributed by atoms with Crippen LogP contribution in [0.25, 0.3) is 11.8 Å². The number of hydrogen-bond acceptors (Lipinski definition) is 7. The monoisotopic (exact) mass is 573 g/mol. The van der Waals surface area contributed by atoms with Crippen LogP contribution < -0.4 is 16.8 Å². The van der Waals surface area contributed by atoms with Gasteiger partial charge in [-0.15, -0.1) is 0 Å². The van der Waals surface area contributed by atoms with Crippen molar-refractivity contribution in [2.75, 3.05) is 51.5 Å². The molecule has 0 atom stereocenters. The van der Waals surface area contributed by atoms with Gasteiger partial charge in [0.2, 0.25) is 0 Å². The molecule has 4 aliphatic heterocycles. The van der Waals surface area contributed by atoms with E-state index in [9.17, 15) is 5.11 Å². The van der Waals surface area contributed by atoms with Crippen molar-refractivity contribution in [2.24, 2.45) is 16.6 Å². The van der Waals surface area contributed by atoms with Crippen LogP contribution in [0, 0.1) is 10.8 Å². The molecule has 6 aliphatic rings. The van der Waals surface area contributed by atoms with E-state index in [1.54, 1.807) is 6.07 Å². The van der Waals surface area contributed by atoms with Crippen LogP contribution in [0.5, 0.6) is 5.75 Å². The number of nitrogens with zero attached hydrogens (tertiary/aromatic N) is 3. The Morgan fingerprint density at radius 2 is 1.57 bits per heavy atom. The van der Waals surface area contributed by atoms with Crippen molar-refractivity contribution in [3.05, 3.63) is 46.6 Å². The Morgan fingerprint density at radius 1 is 0.905 bits per heavy atom. The molecule has 0 unspecified atom stereocenters. The van der Waals surface area contributed by atoms with Gasteiger partial charge in [0.1, 0.15) is 11.6 Å². The van der Waals surface area contributed by atoms with Crippen molar-refractivity contribution < 1.29 is 5.11 Å². The van der Waals surface area contributed by atoms with Gasteiger partial charge in [-0.1, -0.05) is 26.0 Å². The van der Waals surface area contributed by atoms with Crippen LogP contribution in [-0.4, -0.2) is 88.7 Å². The van der Waals surface area contributed by atoms with Crippen LogP contribution >= 0.6 is 0 Å². The van der Waals surface area contributed by atoms with Crippen molar-refractivity contribution in [3.8, 4) is 5.75 Å². The van der Waals surface area contributed by atoms with E-state index in [0.29, 0.717) is 34.0 Å². The molecule has 1 aromatic carbocycles. The number of hydrogen-bond donors (Lipinski definition) is 5. The lowest BCUT2D eigenvalue weighted by atomic mass is 9.56. The van der Waals surface area contributed by atoms with E-state index in [1.165, 1.54) is 89.1 Å². The summed E-state index contributed by atoms with van der Waals surface area (Å²) in [5.41, 5.74) is 18.9. The molecule has 5 heterocycles. The lowest BCUT2D eigenvalue weighted by Gasteiger charge is -2.67. The van der Waals surface area contributed by atoms with E-state index in [4.69, 9.17) is 11.5 Å². The summed E-state index contributed by atoms with van der Waals surface area (Å²) >= 11 is 0. The average molecular weight is 574 g/mol. The lowest BCUT2D eigenvalue weighted by molar-refractivity contribution is -0.163. The molecular formula is C34H51N7O. The second kappa shape index (κ2) is 10.9. The predicted octanol–water partition coefficient (Wildman–Crippen LogP) is 3.82. The molecule has 0 amide bonds. The highest BCUT2D eigenvalue weighted by Gasteiger charge is 2.59. The largest absolute Gasteiger partial charge is 0.507 e. The maximum absolute atomic E-state index is 10.3. The maximum atomic E-state index is 10.3. The van der Waals surface area contributed by atoms with Gasteiger partial charge in [-0.3, -0.25) is 9.80 Å². The number of fused-ring (bicyclic) bond motifs is 1. The third-order valence-corrected chi connectivity index (χ3v) is 11.6. The third kappa shape index (κ3) is 4.84. The average Bonchev–Trinajstić information content (AvgIpc) is 3.22. The van der Waals surface area contributed by atoms with Crippen LogP contribution in [0.1, 0.15) is 74.8 Å². The van der Waals surface area contributed by atoms with Gasteiger partial charge < -0.3 is 31.8 Å². The van der Waals surface area contributed by atoms with E-state index in [2.05, 4.69) is 25.0 Å². The van der Waals surface area contributed by atoms with Crippen molar-refractivity contribution in [1.82, 2.24) is 25.0 Å². The molecule has 2 spiro atoms. The number of para-hydroxylation sites is 1. The minimum Gasteiger partial charge on any atom is -0.507 e. The Bertz CT molecular complexity index is 1300. The first-order chi connectivity index (χ1) is 20.4. The highest BCUT2D eigenvalue weighted by atomic mass is 16.3. The first-order valence-electron chi connectivity index (χ1n) is 16.6. The molecule has 0 bridgehead atoms. The fraction of sp³-hybridized carbons (Fsp3) is 0.647. The van der Waals surface area contributed by atoms with Crippen molar-refractivity contribution in [1.29, 1.82) is 0 Å². The number of H-pyrrole nitrogens is 1. The third-order valence-electron chi connectivity index (χ3n) is 11.6. The Hall–Kier alpha value is -2.52. The van der Waals surface area contributed by atoms with E-state index in [1.807, 2.05) is 38.1 Å². The van der Waals surface area contributed by atoms with Crippen molar-refractivity contribution >= 4 is 17.6 Å². The fourth-order valence-corrected chi connectivity index (χ4v) is 9.10. The van der Waals surface area contributed by atoms with Crippen molar-refractivity contribution in [3.63, 3.8) is 0 Å². The summed E-state index contributed by atoms with van der Waals surface area (Å²) < 4.78 is 0. The van der Waals surface area contributed by atoms with E-state index < -0.39 is 0 Å². The SMILES string of the molecule is CC.N/C(=C\c1c(N)[nH]c2c1CN(C1CCN(C3CC4(C3)CN(C3CC5(CNC5)C3)C4)CC1)CC2)c1ccccc1O. The predicted molar refractivity (Wildman–Crippen MR) is 171 cm³/mol. The smallest absolute Gasteiger partial charge is 0.124 e. The van der Waals surface area contributed by atoms with E-state index in [0.717, 1.165) is 37.2 Å². The fourth-order valence-electron chi connectivity index (χ4n) is 9.10. The Labute approximate surface area is 251 Å². The summed E-state index contributed by atoms with van der Waals surface area (Å²) in [4.78, 5) is 11.7. The quantitative estimate of drug-likeness (QED) is 0.370. The minimum atomic E-state index is 0.192. The summed E-state index contributed by atoms with van der Waals surface area (Å²) in [6.45, 7) is 13.7. The lowest BCUT2D eigenvalue weighted by Crippen LogP contribution is -2.73. The molecule has 0 radical (unpaired) electrons. The Balaban J connectivity index is 0.00000141. The van der Waals surface area contributed by atoms with Gasteiger partial charge in [-0.05, 0) is 86.2 Å². The van der Waals surface area contributed by atoms with Crippen LogP contribution in [-0.2, 0) is 13.0 Å². The van der Waals surface area contributed by atoms with Crippen LogP contribution in [0.3, 0.4) is 0 Å². The number of piperidine rings is 1. The van der Waals surface area contributed by atoms with Gasteiger partial charge in [0.15, 0.2) is 0 Å². The molecule has 2 aliphatic carbocycles. The number of nitrogens with two attached hydrogens (primary N) is 2. The molecule has 5 fully saturated rings. The molecular weight excluding hydrogens is 522 g/mol. The zero-order valence-corrected chi connectivity index (χ0v) is 25.7. The summed E-state index contributed by atoms with van der Waals surface area (Å²) in [6.07, 6.45) is 11.2. The zero-order chi connectivity index (χ0) is 29.1. The topological polar surface area (TPSA) is 110 Å². The number of phenols is 1. The number of aromatic nitrogens is 1. The molecule has 2 aromatic rings. The summed E-state index contributed by atoms with van der Waals surface area (Å²) in [6, 6.07) is 9.55. The van der Waals surface area contributed by atoms with E-state index >= 15 is 0 Å². The number of anilines is 1. The number of aromatic hydroxyl groups is 1. The molecule has 2 saturated carbocycles. The molecule has 8 heteroatoms. The number of aromatic amines is 1. The van der Waals surface area contributed by atoms with Gasteiger partial charge in [-0.25, -0.2) is 0 Å². The Morgan fingerprint density at radius 3 is 2.24 bits per heavy atom. The molecule has 8 nitrogen and oxygen atoms in total. The standard InChI is InChI=1S/C32H45N7O.C2H6/c33-27(24-3-1-2-4-29(24)40)11-25-26-16-38(10-7-28(26)36-30(25)34)21-5-8-37(9-6-21)22-14-32(15-22)19-39(20-32)23-12-31(13-23)17-35-18-31;1-2/h1-4,11,21-23,35-36,40H,5-10,12-20,33-34H2;1-2H3/b27-11-;. The van der Waals surface area contributed by atoms with Crippen LogP contribution in [0.4, 0.5) is 5.82 Å². The summed E-state index contributed by atoms with van der Waals surface area (Å²) in [5, 5.41) is 13.7. The van der Waals surface area contributed by atoms with Crippen LogP contribution in [0.15, 0.2) is 24.3 Å². The van der Waals surface area contributed by atoms with Crippen LogP contribution in [0.2, 0.25) is 0 Å². The number of phenolic OH excluding ortho intramolecular Hbond substituents is 1. The highest BCUT2D eigenvalue weighted by Crippen LogP contribution is 2.55. The first-order valence-corrected chi connectivity index (χ1v) is 16.6. The summed E-state index contributed by atoms with van der Waals surface area (Å²) in [7, 11) is 0. The number of nitrogen functional groups attached to an aromatic ring is 1. The summed E-state index contributed by atoms with van der Waals surface area (Å²) in [5.74, 6) is 0.864. The highest BCUT2D eigenvalue weighted by molar-refractivity contribution is 5.86. The second-order valence-electron chi connectivity index (χ2n) is 14.1. The molecule has 1 aromatic heterocycles. The van der Waals surface area contributed by atoms with Gasteiger partial charge >= 0.3 is 0 Å². The van der Waals surface area contributed by atoms with Crippen molar-refractivity contribution in [2.45, 2.75) is 83.5 Å². The number of benzene rings is 1. The molecule has 3 saturated heterocycles. The van der Waals surface area contributed by atoms with Gasteiger partial charge in [0.05, 0.1) is 0 Å². The molecule has 42 heavy (non-hydrogen) atoms. The number of nitrogens with one attached hydrogen (secondary N) is 2. The molecule has 228 valence electrons. The minimum absolute atomic E-state index is 0.192. The van der Waals surface area contributed by atoms with Gasteiger partial charge in [0, 0.05) is 86.3 Å². The Kier molecular flexibility index (Phi) is 7.32. The maximum Gasteiger partial charge on any atom is 0.124 e. The van der Waals surface area contributed by atoms with Gasteiger partial charge in [-0.2, -0.15) is 0 Å². The first kappa shape index (κ1) is 28.3. The zero-order valence-electron chi connectivity index (χ0n) is 25.7. The molecule has 7 N–H and O–H groups in total. The normalized spacial score (nSPS) is 27.8. The number of rotatable bonds is 5.